The summed E-state index contributed by atoms with van der Waals surface area (Å²) in [6.07, 6.45) is 0. The molecule has 0 aliphatic carbocycles. The fraction of sp³-hybridized carbons (Fsp3) is 0.150. The standard InChI is InChI=1S/C20H17FN2O6/c1-27-10-14-12-6-3-5-9-16(12)29-18(14)20(26)28-11-17(24)22-23-19(25)13-7-2-4-8-15(13)21/h2-9H,10-11H2,1H3,(H,22,24)(H,23,25). The third-order valence-electron chi connectivity index (χ3n) is 3.94. The fourth-order valence-electron chi connectivity index (χ4n) is 2.62. The minimum atomic E-state index is -0.858. The summed E-state index contributed by atoms with van der Waals surface area (Å²) >= 11 is 0. The summed E-state index contributed by atoms with van der Waals surface area (Å²) in [7, 11) is 1.47. The average Bonchev–Trinajstić information content (AvgIpc) is 3.09. The smallest absolute Gasteiger partial charge is 0.375 e. The molecular weight excluding hydrogens is 383 g/mol. The van der Waals surface area contributed by atoms with Gasteiger partial charge < -0.3 is 13.9 Å². The number of hydrogen-bond donors (Lipinski definition) is 2. The summed E-state index contributed by atoms with van der Waals surface area (Å²) < 4.78 is 29.1. The van der Waals surface area contributed by atoms with E-state index in [1.807, 2.05) is 10.9 Å². The van der Waals surface area contributed by atoms with E-state index in [0.29, 0.717) is 16.5 Å². The highest BCUT2D eigenvalue weighted by molar-refractivity contribution is 5.98. The van der Waals surface area contributed by atoms with Crippen molar-refractivity contribution in [2.24, 2.45) is 0 Å². The van der Waals surface area contributed by atoms with E-state index >= 15 is 0 Å². The van der Waals surface area contributed by atoms with Gasteiger partial charge in [0.05, 0.1) is 12.2 Å². The van der Waals surface area contributed by atoms with Gasteiger partial charge in [0.2, 0.25) is 5.76 Å². The fourth-order valence-corrected chi connectivity index (χ4v) is 2.62. The quantitative estimate of drug-likeness (QED) is 0.486. The number of ether oxygens (including phenoxy) is 2. The van der Waals surface area contributed by atoms with Crippen molar-refractivity contribution >= 4 is 28.8 Å². The predicted octanol–water partition coefficient (Wildman–Crippen LogP) is 2.34. The van der Waals surface area contributed by atoms with Gasteiger partial charge in [0, 0.05) is 18.1 Å². The van der Waals surface area contributed by atoms with Crippen LogP contribution < -0.4 is 10.9 Å². The van der Waals surface area contributed by atoms with E-state index < -0.39 is 30.2 Å². The van der Waals surface area contributed by atoms with E-state index in [1.165, 1.54) is 25.3 Å². The first-order valence-electron chi connectivity index (χ1n) is 8.51. The van der Waals surface area contributed by atoms with E-state index in [2.05, 4.69) is 0 Å². The van der Waals surface area contributed by atoms with E-state index in [1.54, 1.807) is 24.3 Å². The molecule has 150 valence electrons. The molecule has 8 nitrogen and oxygen atoms in total. The molecule has 29 heavy (non-hydrogen) atoms. The third-order valence-corrected chi connectivity index (χ3v) is 3.94. The van der Waals surface area contributed by atoms with Gasteiger partial charge in [-0.3, -0.25) is 20.4 Å². The van der Waals surface area contributed by atoms with Crippen LogP contribution in [0.4, 0.5) is 4.39 Å². The van der Waals surface area contributed by atoms with E-state index in [0.717, 1.165) is 6.07 Å². The molecule has 9 heteroatoms. The van der Waals surface area contributed by atoms with Crippen molar-refractivity contribution < 1.29 is 32.7 Å². The first-order valence-corrected chi connectivity index (χ1v) is 8.51. The summed E-state index contributed by atoms with van der Waals surface area (Å²) in [5.41, 5.74) is 4.83. The minimum Gasteiger partial charge on any atom is -0.450 e. The molecule has 0 aliphatic heterocycles. The highest BCUT2D eigenvalue weighted by Crippen LogP contribution is 2.27. The number of amides is 2. The molecule has 1 aromatic heterocycles. The van der Waals surface area contributed by atoms with E-state index in [-0.39, 0.29) is 17.9 Å². The predicted molar refractivity (Wildman–Crippen MR) is 99.2 cm³/mol. The number of carbonyl (C=O) groups excluding carboxylic acids is 3. The van der Waals surface area contributed by atoms with Crippen molar-refractivity contribution in [2.75, 3.05) is 13.7 Å². The van der Waals surface area contributed by atoms with Crippen molar-refractivity contribution in [3.05, 3.63) is 71.2 Å². The molecule has 0 spiro atoms. The molecule has 2 N–H and O–H groups in total. The van der Waals surface area contributed by atoms with E-state index in [4.69, 9.17) is 13.9 Å². The Morgan fingerprint density at radius 2 is 1.76 bits per heavy atom. The molecule has 1 heterocycles. The molecule has 2 aromatic carbocycles. The Kier molecular flexibility index (Phi) is 6.20. The Bertz CT molecular complexity index is 1060. The number of benzene rings is 2. The molecule has 2 amide bonds. The van der Waals surface area contributed by atoms with Gasteiger partial charge in [-0.15, -0.1) is 0 Å². The highest BCUT2D eigenvalue weighted by Gasteiger charge is 2.22. The van der Waals surface area contributed by atoms with Gasteiger partial charge in [-0.25, -0.2) is 9.18 Å². The molecule has 0 bridgehead atoms. The average molecular weight is 400 g/mol. The second kappa shape index (κ2) is 8.98. The van der Waals surface area contributed by atoms with Crippen LogP contribution in [0.25, 0.3) is 11.0 Å². The number of para-hydroxylation sites is 1. The molecule has 0 saturated heterocycles. The Hall–Kier alpha value is -3.72. The number of nitrogens with one attached hydrogen (secondary N) is 2. The van der Waals surface area contributed by atoms with Gasteiger partial charge in [-0.05, 0) is 18.2 Å². The number of methoxy groups -OCH3 is 1. The molecule has 0 atom stereocenters. The molecule has 0 radical (unpaired) electrons. The van der Waals surface area contributed by atoms with Crippen molar-refractivity contribution in [1.82, 2.24) is 10.9 Å². The van der Waals surface area contributed by atoms with Crippen LogP contribution in [-0.2, 0) is 20.9 Å². The Morgan fingerprint density at radius 1 is 1.03 bits per heavy atom. The molecule has 0 unspecified atom stereocenters. The van der Waals surface area contributed by atoms with Gasteiger partial charge >= 0.3 is 5.97 Å². The van der Waals surface area contributed by atoms with Crippen LogP contribution in [0.5, 0.6) is 0 Å². The topological polar surface area (TPSA) is 107 Å². The number of furan rings is 1. The van der Waals surface area contributed by atoms with Crippen molar-refractivity contribution in [1.29, 1.82) is 0 Å². The van der Waals surface area contributed by atoms with Crippen LogP contribution in [0.2, 0.25) is 0 Å². The lowest BCUT2D eigenvalue weighted by atomic mass is 10.1. The lowest BCUT2D eigenvalue weighted by Crippen LogP contribution is -2.43. The summed E-state index contributed by atoms with van der Waals surface area (Å²) in [4.78, 5) is 36.0. The number of hydrazine groups is 1. The van der Waals surface area contributed by atoms with Crippen molar-refractivity contribution in [3.63, 3.8) is 0 Å². The summed E-state index contributed by atoms with van der Waals surface area (Å²) in [5.74, 6) is -3.32. The maximum atomic E-state index is 13.5. The normalized spacial score (nSPS) is 10.6. The van der Waals surface area contributed by atoms with Crippen LogP contribution in [0.1, 0.15) is 26.5 Å². The summed E-state index contributed by atoms with van der Waals surface area (Å²) in [6, 6.07) is 12.3. The van der Waals surface area contributed by atoms with Crippen molar-refractivity contribution in [2.45, 2.75) is 6.61 Å². The molecule has 0 aliphatic rings. The number of carbonyl (C=O) groups is 3. The number of halogens is 1. The lowest BCUT2D eigenvalue weighted by molar-refractivity contribution is -0.125. The second-order valence-electron chi connectivity index (χ2n) is 5.90. The monoisotopic (exact) mass is 400 g/mol. The van der Waals surface area contributed by atoms with Gasteiger partial charge in [-0.1, -0.05) is 30.3 Å². The van der Waals surface area contributed by atoms with Crippen LogP contribution in [0.15, 0.2) is 52.9 Å². The zero-order chi connectivity index (χ0) is 20.8. The van der Waals surface area contributed by atoms with Gasteiger partial charge in [0.1, 0.15) is 11.4 Å². The molecule has 3 aromatic rings. The number of fused-ring (bicyclic) bond motifs is 1. The Labute approximate surface area is 164 Å². The molecule has 3 rings (SSSR count). The molecule has 0 fully saturated rings. The van der Waals surface area contributed by atoms with Gasteiger partial charge in [0.25, 0.3) is 11.8 Å². The largest absolute Gasteiger partial charge is 0.450 e. The minimum absolute atomic E-state index is 0.0729. The van der Waals surface area contributed by atoms with Crippen molar-refractivity contribution in [3.8, 4) is 0 Å². The second-order valence-corrected chi connectivity index (χ2v) is 5.90. The molecular formula is C20H17FN2O6. The van der Waals surface area contributed by atoms with Crippen LogP contribution >= 0.6 is 0 Å². The maximum Gasteiger partial charge on any atom is 0.375 e. The SMILES string of the molecule is COCc1c(C(=O)OCC(=O)NNC(=O)c2ccccc2F)oc2ccccc12. The van der Waals surface area contributed by atoms with E-state index in [9.17, 15) is 18.8 Å². The maximum absolute atomic E-state index is 13.5. The Morgan fingerprint density at radius 3 is 2.52 bits per heavy atom. The lowest BCUT2D eigenvalue weighted by Gasteiger charge is -2.08. The van der Waals surface area contributed by atoms with Gasteiger partial charge in [-0.2, -0.15) is 0 Å². The summed E-state index contributed by atoms with van der Waals surface area (Å²) in [6.45, 7) is -0.563. The zero-order valence-electron chi connectivity index (χ0n) is 15.4. The highest BCUT2D eigenvalue weighted by atomic mass is 19.1. The number of hydrogen-bond acceptors (Lipinski definition) is 6. The van der Waals surface area contributed by atoms with Crippen LogP contribution in [0.3, 0.4) is 0 Å². The zero-order valence-corrected chi connectivity index (χ0v) is 15.4. The Balaban J connectivity index is 1.59. The molecule has 0 saturated carbocycles. The first kappa shape index (κ1) is 20.0. The number of esters is 1. The number of rotatable bonds is 6. The van der Waals surface area contributed by atoms with Gasteiger partial charge in [0.15, 0.2) is 6.61 Å². The van der Waals surface area contributed by atoms with Crippen LogP contribution in [0, 0.1) is 5.82 Å². The third kappa shape index (κ3) is 4.58. The van der Waals surface area contributed by atoms with Crippen LogP contribution in [-0.4, -0.2) is 31.5 Å². The first-order chi connectivity index (χ1) is 14.0. The summed E-state index contributed by atoms with van der Waals surface area (Å²) in [5, 5.41) is 0.697.